The molecule has 4 N–H and O–H groups in total. The van der Waals surface area contributed by atoms with Crippen LogP contribution in [0.4, 0.5) is 0 Å². The quantitative estimate of drug-likeness (QED) is 0.474. The summed E-state index contributed by atoms with van der Waals surface area (Å²) >= 11 is 0. The van der Waals surface area contributed by atoms with E-state index in [1.165, 1.54) is 0 Å². The third-order valence-electron chi connectivity index (χ3n) is 0.788. The molecule has 0 aliphatic rings. The minimum atomic E-state index is 0.600. The third kappa shape index (κ3) is 3.49. The van der Waals surface area contributed by atoms with E-state index < -0.39 is 0 Å². The highest BCUT2D eigenvalue weighted by atomic mass is 14.5. The van der Waals surface area contributed by atoms with Crippen molar-refractivity contribution in [2.45, 2.75) is 6.92 Å². The van der Waals surface area contributed by atoms with Crippen molar-refractivity contribution in [3.63, 3.8) is 0 Å². The van der Waals surface area contributed by atoms with E-state index in [9.17, 15) is 0 Å². The molecule has 0 aliphatic carbocycles. The molecule has 0 radical (unpaired) electrons. The average molecular weight is 100 g/mol. The molecule has 0 unspecified atom stereocenters. The molecule has 0 rings (SSSR count). The Morgan fingerprint density at radius 1 is 1.57 bits per heavy atom. The molecule has 0 atom stereocenters. The maximum absolute atomic E-state index is 5.23. The Hall–Kier alpha value is -0.340. The van der Waals surface area contributed by atoms with Crippen LogP contribution in [0.15, 0.2) is 11.6 Å². The van der Waals surface area contributed by atoms with Crippen LogP contribution in [0.1, 0.15) is 6.92 Å². The first-order valence-corrected chi connectivity index (χ1v) is 2.37. The van der Waals surface area contributed by atoms with Crippen molar-refractivity contribution in [1.82, 2.24) is 0 Å². The zero-order chi connectivity index (χ0) is 5.70. The Morgan fingerprint density at radius 3 is 2.29 bits per heavy atom. The first kappa shape index (κ1) is 6.66. The van der Waals surface area contributed by atoms with Crippen LogP contribution in [-0.4, -0.2) is 13.1 Å². The Labute approximate surface area is 44.2 Å². The van der Waals surface area contributed by atoms with Gasteiger partial charge in [-0.3, -0.25) is 0 Å². The zero-order valence-corrected chi connectivity index (χ0v) is 4.65. The standard InChI is InChI=1S/C5H12N2/c1-5(4-7)2-3-6/h2H,3-4,6-7H2,1H3/b5-2+. The van der Waals surface area contributed by atoms with E-state index in [0.717, 1.165) is 5.57 Å². The molecular formula is C5H12N2. The lowest BCUT2D eigenvalue weighted by Crippen LogP contribution is -2.02. The summed E-state index contributed by atoms with van der Waals surface area (Å²) in [6.07, 6.45) is 1.92. The van der Waals surface area contributed by atoms with E-state index in [2.05, 4.69) is 0 Å². The molecule has 42 valence electrons. The van der Waals surface area contributed by atoms with Crippen LogP contribution in [0.5, 0.6) is 0 Å². The van der Waals surface area contributed by atoms with Gasteiger partial charge in [-0.05, 0) is 6.92 Å². The normalized spacial score (nSPS) is 12.1. The topological polar surface area (TPSA) is 52.0 Å². The highest BCUT2D eigenvalue weighted by Gasteiger charge is 1.76. The van der Waals surface area contributed by atoms with Crippen molar-refractivity contribution >= 4 is 0 Å². The molecule has 0 aromatic carbocycles. The second-order valence-corrected chi connectivity index (χ2v) is 1.49. The van der Waals surface area contributed by atoms with Gasteiger partial charge < -0.3 is 11.5 Å². The lowest BCUT2D eigenvalue weighted by molar-refractivity contribution is 1.10. The minimum Gasteiger partial charge on any atom is -0.327 e. The van der Waals surface area contributed by atoms with Crippen LogP contribution >= 0.6 is 0 Å². The maximum Gasteiger partial charge on any atom is 0.0134 e. The first-order valence-electron chi connectivity index (χ1n) is 2.37. The van der Waals surface area contributed by atoms with Crippen LogP contribution in [0.2, 0.25) is 0 Å². The molecule has 0 spiro atoms. The molecular weight excluding hydrogens is 88.1 g/mol. The Balaban J connectivity index is 3.29. The second-order valence-electron chi connectivity index (χ2n) is 1.49. The van der Waals surface area contributed by atoms with Gasteiger partial charge in [-0.2, -0.15) is 0 Å². The summed E-state index contributed by atoms with van der Waals surface area (Å²) < 4.78 is 0. The first-order chi connectivity index (χ1) is 3.31. The molecule has 0 saturated carbocycles. The van der Waals surface area contributed by atoms with Crippen molar-refractivity contribution in [2.75, 3.05) is 13.1 Å². The van der Waals surface area contributed by atoms with Gasteiger partial charge >= 0.3 is 0 Å². The van der Waals surface area contributed by atoms with Crippen LogP contribution in [0.3, 0.4) is 0 Å². The Kier molecular flexibility index (Phi) is 3.65. The summed E-state index contributed by atoms with van der Waals surface area (Å²) in [7, 11) is 0. The van der Waals surface area contributed by atoms with Gasteiger partial charge in [0.25, 0.3) is 0 Å². The molecule has 7 heavy (non-hydrogen) atoms. The van der Waals surface area contributed by atoms with Crippen molar-refractivity contribution in [3.8, 4) is 0 Å². The molecule has 2 heteroatoms. The fourth-order valence-corrected chi connectivity index (χ4v) is 0.285. The van der Waals surface area contributed by atoms with Gasteiger partial charge in [0, 0.05) is 13.1 Å². The van der Waals surface area contributed by atoms with E-state index in [0.29, 0.717) is 13.1 Å². The summed E-state index contributed by atoms with van der Waals surface area (Å²) in [5, 5.41) is 0. The summed E-state index contributed by atoms with van der Waals surface area (Å²) in [6.45, 7) is 3.19. The molecule has 0 fully saturated rings. The lowest BCUT2D eigenvalue weighted by atomic mass is 10.3. The van der Waals surface area contributed by atoms with Gasteiger partial charge in [-0.1, -0.05) is 11.6 Å². The van der Waals surface area contributed by atoms with Gasteiger partial charge in [0.05, 0.1) is 0 Å². The predicted octanol–water partition coefficient (Wildman–Crippen LogP) is -0.150. The SMILES string of the molecule is C/C(=C\CN)CN. The highest BCUT2D eigenvalue weighted by Crippen LogP contribution is 1.82. The smallest absolute Gasteiger partial charge is 0.0134 e. The zero-order valence-electron chi connectivity index (χ0n) is 4.65. The number of rotatable bonds is 2. The molecule has 0 bridgehead atoms. The molecule has 0 aliphatic heterocycles. The Bertz CT molecular complexity index is 66.5. The summed E-state index contributed by atoms with van der Waals surface area (Å²) in [6, 6.07) is 0. The fraction of sp³-hybridized carbons (Fsp3) is 0.600. The molecule has 2 nitrogen and oxygen atoms in total. The van der Waals surface area contributed by atoms with E-state index >= 15 is 0 Å². The molecule has 0 aromatic rings. The maximum atomic E-state index is 5.23. The van der Waals surface area contributed by atoms with Gasteiger partial charge in [-0.15, -0.1) is 0 Å². The number of hydrogen-bond acceptors (Lipinski definition) is 2. The summed E-state index contributed by atoms with van der Waals surface area (Å²) in [5.41, 5.74) is 11.6. The van der Waals surface area contributed by atoms with Crippen LogP contribution in [0, 0.1) is 0 Å². The van der Waals surface area contributed by atoms with Gasteiger partial charge in [0.1, 0.15) is 0 Å². The average Bonchev–Trinajstić information content (AvgIpc) is 1.68. The summed E-state index contributed by atoms with van der Waals surface area (Å²) in [4.78, 5) is 0. The van der Waals surface area contributed by atoms with Gasteiger partial charge in [0.2, 0.25) is 0 Å². The fourth-order valence-electron chi connectivity index (χ4n) is 0.285. The van der Waals surface area contributed by atoms with Gasteiger partial charge in [-0.25, -0.2) is 0 Å². The largest absolute Gasteiger partial charge is 0.327 e. The molecule has 0 saturated heterocycles. The van der Waals surface area contributed by atoms with Crippen LogP contribution < -0.4 is 11.5 Å². The third-order valence-corrected chi connectivity index (χ3v) is 0.788. The highest BCUT2D eigenvalue weighted by molar-refractivity contribution is 4.99. The lowest BCUT2D eigenvalue weighted by Gasteiger charge is -1.89. The second kappa shape index (κ2) is 3.84. The van der Waals surface area contributed by atoms with Crippen molar-refractivity contribution in [3.05, 3.63) is 11.6 Å². The van der Waals surface area contributed by atoms with Crippen molar-refractivity contribution < 1.29 is 0 Å². The van der Waals surface area contributed by atoms with Crippen LogP contribution in [-0.2, 0) is 0 Å². The number of hydrogen-bond donors (Lipinski definition) is 2. The number of nitrogens with two attached hydrogens (primary N) is 2. The van der Waals surface area contributed by atoms with E-state index in [-0.39, 0.29) is 0 Å². The molecule has 0 aromatic heterocycles. The van der Waals surface area contributed by atoms with Crippen molar-refractivity contribution in [2.24, 2.45) is 11.5 Å². The summed E-state index contributed by atoms with van der Waals surface area (Å²) in [5.74, 6) is 0. The predicted molar refractivity (Wildman–Crippen MR) is 31.9 cm³/mol. The molecule has 0 amide bonds. The van der Waals surface area contributed by atoms with E-state index in [1.54, 1.807) is 0 Å². The minimum absolute atomic E-state index is 0.600. The molecule has 0 heterocycles. The van der Waals surface area contributed by atoms with Crippen molar-refractivity contribution in [1.29, 1.82) is 0 Å². The van der Waals surface area contributed by atoms with E-state index in [4.69, 9.17) is 11.5 Å². The van der Waals surface area contributed by atoms with E-state index in [1.807, 2.05) is 13.0 Å². The van der Waals surface area contributed by atoms with Gasteiger partial charge in [0.15, 0.2) is 0 Å². The van der Waals surface area contributed by atoms with Crippen LogP contribution in [0.25, 0.3) is 0 Å². The monoisotopic (exact) mass is 100 g/mol. The Morgan fingerprint density at radius 2 is 2.14 bits per heavy atom.